The van der Waals surface area contributed by atoms with E-state index in [0.29, 0.717) is 10.9 Å². The molecule has 0 saturated carbocycles. The molecular formula is C15H20N9O7PS2. The summed E-state index contributed by atoms with van der Waals surface area (Å²) in [4.78, 5) is 37.5. The second-order valence-electron chi connectivity index (χ2n) is 6.88. The number of nitrogens with two attached hydrogens (primary N) is 1. The number of aromatic amines is 1. The number of aliphatic hydroxyl groups is 2. The van der Waals surface area contributed by atoms with Crippen LogP contribution in [0.2, 0.25) is 0 Å². The van der Waals surface area contributed by atoms with Crippen molar-refractivity contribution in [3.63, 3.8) is 0 Å². The second-order valence-corrected chi connectivity index (χ2v) is 11.0. The first-order valence-electron chi connectivity index (χ1n) is 9.78. The number of fused-ring (bicyclic) bond motifs is 2. The zero-order valence-electron chi connectivity index (χ0n) is 17.3. The monoisotopic (exact) mass is 533 g/mol. The summed E-state index contributed by atoms with van der Waals surface area (Å²) in [7, 11) is -1.45. The Morgan fingerprint density at radius 2 is 2.32 bits per heavy atom. The number of nitrogen functional groups attached to an aromatic ring is 1. The molecule has 0 aliphatic carbocycles. The van der Waals surface area contributed by atoms with E-state index in [9.17, 15) is 14.7 Å². The van der Waals surface area contributed by atoms with Gasteiger partial charge in [-0.15, -0.1) is 0 Å². The molecule has 1 amide bonds. The minimum atomic E-state index is -1.45. The summed E-state index contributed by atoms with van der Waals surface area (Å²) in [6, 6.07) is 0. The molecule has 2 aromatic heterocycles. The lowest BCUT2D eigenvalue weighted by molar-refractivity contribution is -0.119. The lowest BCUT2D eigenvalue weighted by Crippen LogP contribution is -2.38. The number of carbonyl (C=O) groups excluding carboxylic acids is 1. The number of aliphatic hydroxyl groups excluding tert-OH is 2. The van der Waals surface area contributed by atoms with Gasteiger partial charge in [-0.25, -0.2) is 4.98 Å². The summed E-state index contributed by atoms with van der Waals surface area (Å²) in [6.45, 7) is 0.0558. The van der Waals surface area contributed by atoms with Gasteiger partial charge in [-0.05, 0) is 16.9 Å². The predicted molar refractivity (Wildman–Crippen MR) is 123 cm³/mol. The van der Waals surface area contributed by atoms with Crippen LogP contribution in [0.25, 0.3) is 21.6 Å². The number of ether oxygens (including phenoxy) is 1. The first-order chi connectivity index (χ1) is 16.4. The van der Waals surface area contributed by atoms with Gasteiger partial charge >= 0.3 is 0 Å². The Morgan fingerprint density at radius 3 is 3.09 bits per heavy atom. The number of thioether (sulfide) groups is 1. The van der Waals surface area contributed by atoms with Crippen molar-refractivity contribution in [1.82, 2.24) is 24.8 Å². The van der Waals surface area contributed by atoms with E-state index in [1.54, 1.807) is 0 Å². The number of aromatic nitrogens is 4. The van der Waals surface area contributed by atoms with Crippen LogP contribution in [0.5, 0.6) is 0 Å². The lowest BCUT2D eigenvalue weighted by Gasteiger charge is -2.30. The quantitative estimate of drug-likeness (QED) is 0.0536. The first-order valence-corrected chi connectivity index (χ1v) is 13.5. The molecule has 184 valence electrons. The Bertz CT molecular complexity index is 1160. The van der Waals surface area contributed by atoms with Crippen molar-refractivity contribution in [3.8, 4) is 0 Å². The fourth-order valence-corrected chi connectivity index (χ4v) is 6.43. The third-order valence-electron chi connectivity index (χ3n) is 4.75. The van der Waals surface area contributed by atoms with Crippen LogP contribution in [-0.2, 0) is 18.6 Å². The van der Waals surface area contributed by atoms with E-state index in [1.165, 1.54) is 16.3 Å². The second kappa shape index (κ2) is 11.1. The van der Waals surface area contributed by atoms with Crippen LogP contribution in [0, 0.1) is 0 Å². The highest BCUT2D eigenvalue weighted by atomic mass is 32.7. The predicted octanol–water partition coefficient (Wildman–Crippen LogP) is -0.196. The van der Waals surface area contributed by atoms with E-state index < -0.39 is 43.6 Å². The average Bonchev–Trinajstić information content (AvgIpc) is 3.32. The molecule has 0 radical (unpaired) electrons. The summed E-state index contributed by atoms with van der Waals surface area (Å²) >= 11 is 2.27. The van der Waals surface area contributed by atoms with Gasteiger partial charge in [-0.2, -0.15) is 4.98 Å². The summed E-state index contributed by atoms with van der Waals surface area (Å²) in [5.41, 5.74) is 13.6. The Balaban J connectivity index is 1.58. The van der Waals surface area contributed by atoms with Gasteiger partial charge in [-0.3, -0.25) is 19.1 Å². The maximum Gasteiger partial charge on any atom is 0.280 e. The molecule has 4 rings (SSSR count). The molecule has 0 bridgehead atoms. The average molecular weight is 533 g/mol. The molecule has 2 saturated heterocycles. The number of hydrogen-bond acceptors (Lipinski definition) is 13. The van der Waals surface area contributed by atoms with Crippen molar-refractivity contribution >= 4 is 53.7 Å². The van der Waals surface area contributed by atoms with Gasteiger partial charge in [0.2, 0.25) is 19.4 Å². The SMILES string of the molecule is [N-]=[N+]=NCC(=O)NCCSc1nc2c(=O)[nH]c(N)nc2n1[C@@H]1OC2COP(SCO)O[C@H]2C1O. The highest BCUT2D eigenvalue weighted by molar-refractivity contribution is 8.52. The topological polar surface area (TPSA) is 236 Å². The van der Waals surface area contributed by atoms with Crippen molar-refractivity contribution in [2.45, 2.75) is 29.7 Å². The van der Waals surface area contributed by atoms with Crippen LogP contribution >= 0.6 is 30.7 Å². The standard InChI is InChI=1S/C15H20N9O7PS2/c16-14-21-11-8(12(28)22-14)20-15(33-2-1-18-7(26)3-19-23-17)24(11)13-9(27)10-6(30-13)4-29-32(31-10)34-5-25/h6,9-10,13,25,27H,1-5H2,(H,18,26)(H3,16,21,22,28)/t6?,9?,10-,13-,32?/m1/s1. The summed E-state index contributed by atoms with van der Waals surface area (Å²) in [5, 5.41) is 26.2. The molecule has 4 heterocycles. The number of carbonyl (C=O) groups is 1. The lowest BCUT2D eigenvalue weighted by atomic mass is 10.1. The highest BCUT2D eigenvalue weighted by Gasteiger charge is 2.50. The zero-order chi connectivity index (χ0) is 24.2. The first kappa shape index (κ1) is 25.0. The normalized spacial score (nSPS) is 26.2. The van der Waals surface area contributed by atoms with Gasteiger partial charge in [0.1, 0.15) is 24.9 Å². The molecular weight excluding hydrogens is 513 g/mol. The van der Waals surface area contributed by atoms with E-state index in [1.807, 2.05) is 0 Å². The van der Waals surface area contributed by atoms with Crippen LogP contribution in [0.15, 0.2) is 15.1 Å². The molecule has 2 fully saturated rings. The van der Waals surface area contributed by atoms with Gasteiger partial charge < -0.3 is 35.0 Å². The number of rotatable bonds is 9. The van der Waals surface area contributed by atoms with Crippen molar-refractivity contribution in [2.75, 3.05) is 37.1 Å². The Labute approximate surface area is 200 Å². The van der Waals surface area contributed by atoms with Gasteiger partial charge in [-0.1, -0.05) is 16.9 Å². The van der Waals surface area contributed by atoms with E-state index >= 15 is 0 Å². The molecule has 6 N–H and O–H groups in total. The van der Waals surface area contributed by atoms with E-state index in [4.69, 9.17) is 30.2 Å². The number of nitrogens with one attached hydrogen (secondary N) is 2. The number of imidazole rings is 1. The van der Waals surface area contributed by atoms with Crippen molar-refractivity contribution in [1.29, 1.82) is 0 Å². The molecule has 3 unspecified atom stereocenters. The van der Waals surface area contributed by atoms with Crippen LogP contribution in [-0.4, -0.2) is 85.3 Å². The number of nitrogens with zero attached hydrogens (tertiary/aromatic N) is 6. The Kier molecular flexibility index (Phi) is 8.13. The highest BCUT2D eigenvalue weighted by Crippen LogP contribution is 2.57. The minimum Gasteiger partial charge on any atom is -0.386 e. The van der Waals surface area contributed by atoms with Gasteiger partial charge in [0.05, 0.1) is 12.5 Å². The molecule has 2 aliphatic heterocycles. The third kappa shape index (κ3) is 5.25. The van der Waals surface area contributed by atoms with Crippen LogP contribution in [0.1, 0.15) is 6.23 Å². The summed E-state index contributed by atoms with van der Waals surface area (Å²) in [6.07, 6.45) is -3.47. The molecule has 16 nitrogen and oxygen atoms in total. The van der Waals surface area contributed by atoms with Crippen LogP contribution in [0.4, 0.5) is 5.95 Å². The molecule has 2 aromatic rings. The number of hydrogen-bond donors (Lipinski definition) is 5. The molecule has 2 aliphatic rings. The summed E-state index contributed by atoms with van der Waals surface area (Å²) < 4.78 is 18.8. The van der Waals surface area contributed by atoms with E-state index in [-0.39, 0.29) is 42.7 Å². The van der Waals surface area contributed by atoms with E-state index in [0.717, 1.165) is 11.4 Å². The maximum absolute atomic E-state index is 12.4. The third-order valence-corrected chi connectivity index (χ3v) is 8.36. The zero-order valence-corrected chi connectivity index (χ0v) is 19.8. The van der Waals surface area contributed by atoms with Crippen LogP contribution in [0.3, 0.4) is 0 Å². The van der Waals surface area contributed by atoms with Crippen molar-refractivity contribution in [2.24, 2.45) is 5.11 Å². The maximum atomic E-state index is 12.4. The Morgan fingerprint density at radius 1 is 1.50 bits per heavy atom. The van der Waals surface area contributed by atoms with Gasteiger partial charge in [0, 0.05) is 17.2 Å². The smallest absolute Gasteiger partial charge is 0.280 e. The number of azide groups is 1. The molecule has 19 heteroatoms. The molecule has 0 spiro atoms. The Hall–Kier alpha value is -2.14. The van der Waals surface area contributed by atoms with Crippen LogP contribution < -0.4 is 16.6 Å². The summed E-state index contributed by atoms with van der Waals surface area (Å²) in [5.74, 6) is -0.424. The fraction of sp³-hybridized carbons (Fsp3) is 0.600. The van der Waals surface area contributed by atoms with Crippen molar-refractivity contribution < 1.29 is 28.8 Å². The fourth-order valence-electron chi connectivity index (χ4n) is 3.37. The number of H-pyrrole nitrogens is 1. The largest absolute Gasteiger partial charge is 0.386 e. The van der Waals surface area contributed by atoms with Gasteiger partial charge in [0.25, 0.3) is 5.56 Å². The molecule has 5 atom stereocenters. The minimum absolute atomic E-state index is 0.00465. The number of amides is 1. The van der Waals surface area contributed by atoms with E-state index in [2.05, 4.69) is 30.3 Å². The van der Waals surface area contributed by atoms with Crippen molar-refractivity contribution in [3.05, 3.63) is 20.8 Å². The van der Waals surface area contributed by atoms with Gasteiger partial charge in [0.15, 0.2) is 22.5 Å². The molecule has 34 heavy (non-hydrogen) atoms. The number of anilines is 1. The molecule has 0 aromatic carbocycles.